The molecular weight excluding hydrogens is 406 g/mol. The first-order valence-corrected chi connectivity index (χ1v) is 9.87. The topological polar surface area (TPSA) is 83.3 Å². The number of hydrogen-bond donors (Lipinski definition) is 1. The summed E-state index contributed by atoms with van der Waals surface area (Å²) in [5.74, 6) is 1.22. The highest BCUT2D eigenvalue weighted by Crippen LogP contribution is 2.32. The lowest BCUT2D eigenvalue weighted by atomic mass is 10.2. The normalized spacial score (nSPS) is 10.5. The molecule has 0 saturated carbocycles. The maximum Gasteiger partial charge on any atom is 0.346 e. The van der Waals surface area contributed by atoms with Crippen molar-refractivity contribution < 1.29 is 14.2 Å². The second-order valence-corrected chi connectivity index (χ2v) is 6.25. The van der Waals surface area contributed by atoms with Crippen LogP contribution >= 0.6 is 12.4 Å². The molecule has 0 atom stereocenters. The molecule has 0 unspecified atom stereocenters. The number of aromatic nitrogens is 4. The molecule has 0 aliphatic rings. The van der Waals surface area contributed by atoms with Crippen molar-refractivity contribution in [2.24, 2.45) is 0 Å². The summed E-state index contributed by atoms with van der Waals surface area (Å²) < 4.78 is 18.7. The van der Waals surface area contributed by atoms with Gasteiger partial charge in [-0.05, 0) is 67.1 Å². The first kappa shape index (κ1) is 23.6. The van der Waals surface area contributed by atoms with Crippen LogP contribution in [0.15, 0.2) is 48.5 Å². The van der Waals surface area contributed by atoms with Crippen LogP contribution in [0.4, 0.5) is 0 Å². The fraction of sp³-hybridized carbons (Fsp3) is 0.381. The Morgan fingerprint density at radius 2 is 1.83 bits per heavy atom. The lowest BCUT2D eigenvalue weighted by molar-refractivity contribution is 0.144. The number of nitrogens with one attached hydrogen (secondary N) is 1. The van der Waals surface area contributed by atoms with Gasteiger partial charge in [-0.1, -0.05) is 29.4 Å². The number of benzene rings is 2. The van der Waals surface area contributed by atoms with Crippen molar-refractivity contribution in [3.8, 4) is 23.2 Å². The average molecular weight is 434 g/mol. The first-order valence-electron chi connectivity index (χ1n) is 9.87. The van der Waals surface area contributed by atoms with Gasteiger partial charge < -0.3 is 19.5 Å². The maximum atomic E-state index is 5.98. The molecule has 0 fully saturated rings. The van der Waals surface area contributed by atoms with Crippen LogP contribution in [-0.2, 0) is 11.3 Å². The number of rotatable bonds is 12. The number of halogens is 1. The number of nitrogens with zero attached hydrogens (tertiary/aromatic N) is 4. The lowest BCUT2D eigenvalue weighted by Crippen LogP contribution is -2.16. The molecule has 0 radical (unpaired) electrons. The minimum Gasteiger partial charge on any atom is -0.490 e. The summed E-state index contributed by atoms with van der Waals surface area (Å²) in [6.45, 7) is 7.65. The van der Waals surface area contributed by atoms with Crippen LogP contribution in [0.25, 0.3) is 5.69 Å². The summed E-state index contributed by atoms with van der Waals surface area (Å²) in [5.41, 5.74) is 1.93. The Hall–Kier alpha value is -2.68. The molecule has 162 valence electrons. The van der Waals surface area contributed by atoms with Gasteiger partial charge in [-0.25, -0.2) is 0 Å². The van der Waals surface area contributed by atoms with E-state index in [-0.39, 0.29) is 18.4 Å². The lowest BCUT2D eigenvalue weighted by Gasteiger charge is -2.13. The molecule has 0 amide bonds. The molecule has 3 aromatic rings. The van der Waals surface area contributed by atoms with Crippen LogP contribution in [0.2, 0.25) is 0 Å². The minimum absolute atomic E-state index is 0. The Labute approximate surface area is 182 Å². The van der Waals surface area contributed by atoms with Crippen molar-refractivity contribution >= 4 is 12.4 Å². The third-order valence-electron chi connectivity index (χ3n) is 4.13. The maximum absolute atomic E-state index is 5.98. The second-order valence-electron chi connectivity index (χ2n) is 6.25. The summed E-state index contributed by atoms with van der Waals surface area (Å²) in [6.07, 6.45) is 0.982. The van der Waals surface area contributed by atoms with E-state index in [1.165, 1.54) is 0 Å². The molecule has 3 rings (SSSR count). The average Bonchev–Trinajstić information content (AvgIpc) is 3.21. The zero-order valence-corrected chi connectivity index (χ0v) is 18.1. The Morgan fingerprint density at radius 1 is 1.00 bits per heavy atom. The Kier molecular flexibility index (Phi) is 10.1. The highest BCUT2D eigenvalue weighted by molar-refractivity contribution is 5.85. The highest BCUT2D eigenvalue weighted by atomic mass is 35.5. The van der Waals surface area contributed by atoms with Crippen LogP contribution in [0.5, 0.6) is 17.5 Å². The van der Waals surface area contributed by atoms with Gasteiger partial charge in [0.2, 0.25) is 0 Å². The van der Waals surface area contributed by atoms with Gasteiger partial charge in [0.25, 0.3) is 0 Å². The monoisotopic (exact) mass is 433 g/mol. The summed E-state index contributed by atoms with van der Waals surface area (Å²) >= 11 is 0. The van der Waals surface area contributed by atoms with Crippen molar-refractivity contribution in [1.82, 2.24) is 25.5 Å². The number of ether oxygens (including phenoxy) is 3. The standard InChI is InChI=1S/C21H27N5O3.ClH/c1-3-27-14-8-13-22-16-17-11-12-19(20(15-17)28-4-2)29-21-23-24-25-26(21)18-9-6-5-7-10-18;/h5-7,9-12,15,22H,3-4,8,13-14,16H2,1-2H3;1H. The smallest absolute Gasteiger partial charge is 0.346 e. The molecule has 0 spiro atoms. The minimum atomic E-state index is 0. The predicted molar refractivity (Wildman–Crippen MR) is 117 cm³/mol. The molecule has 9 heteroatoms. The van der Waals surface area contributed by atoms with E-state index >= 15 is 0 Å². The van der Waals surface area contributed by atoms with Crippen molar-refractivity contribution in [1.29, 1.82) is 0 Å². The summed E-state index contributed by atoms with van der Waals surface area (Å²) in [7, 11) is 0. The van der Waals surface area contributed by atoms with E-state index in [1.807, 2.05) is 62.4 Å². The number of para-hydroxylation sites is 1. The molecule has 1 aromatic heterocycles. The predicted octanol–water partition coefficient (Wildman–Crippen LogP) is 3.79. The molecule has 0 aliphatic carbocycles. The SMILES string of the molecule is CCOCCCNCc1ccc(Oc2nnnn2-c2ccccc2)c(OCC)c1.Cl. The molecule has 0 saturated heterocycles. The van der Waals surface area contributed by atoms with Crippen LogP contribution in [0.1, 0.15) is 25.8 Å². The molecule has 2 aromatic carbocycles. The highest BCUT2D eigenvalue weighted by Gasteiger charge is 2.14. The molecule has 1 N–H and O–H groups in total. The molecule has 1 heterocycles. The number of tetrazole rings is 1. The van der Waals surface area contributed by atoms with E-state index in [4.69, 9.17) is 14.2 Å². The van der Waals surface area contributed by atoms with Gasteiger partial charge in [0.15, 0.2) is 11.5 Å². The van der Waals surface area contributed by atoms with Gasteiger partial charge in [-0.2, -0.15) is 4.68 Å². The van der Waals surface area contributed by atoms with Gasteiger partial charge in [0.05, 0.1) is 12.3 Å². The quantitative estimate of drug-likeness (QED) is 0.435. The zero-order chi connectivity index (χ0) is 20.3. The molecule has 0 aliphatic heterocycles. The second kappa shape index (κ2) is 12.8. The Morgan fingerprint density at radius 3 is 2.60 bits per heavy atom. The molecule has 8 nitrogen and oxygen atoms in total. The van der Waals surface area contributed by atoms with Crippen molar-refractivity contribution in [2.45, 2.75) is 26.8 Å². The van der Waals surface area contributed by atoms with E-state index in [2.05, 4.69) is 20.8 Å². The van der Waals surface area contributed by atoms with Gasteiger partial charge in [-0.15, -0.1) is 12.4 Å². The van der Waals surface area contributed by atoms with E-state index in [1.54, 1.807) is 4.68 Å². The first-order chi connectivity index (χ1) is 14.3. The van der Waals surface area contributed by atoms with Gasteiger partial charge in [0, 0.05) is 19.8 Å². The van der Waals surface area contributed by atoms with Crippen LogP contribution in [-0.4, -0.2) is 46.6 Å². The summed E-state index contributed by atoms with van der Waals surface area (Å²) in [6, 6.07) is 15.7. The van der Waals surface area contributed by atoms with Crippen molar-refractivity contribution in [3.63, 3.8) is 0 Å². The fourth-order valence-corrected chi connectivity index (χ4v) is 2.76. The summed E-state index contributed by atoms with van der Waals surface area (Å²) in [4.78, 5) is 0. The van der Waals surface area contributed by atoms with Gasteiger partial charge in [0.1, 0.15) is 0 Å². The molecular formula is C21H28ClN5O3. The van der Waals surface area contributed by atoms with Gasteiger partial charge in [-0.3, -0.25) is 0 Å². The number of hydrogen-bond acceptors (Lipinski definition) is 7. The third-order valence-corrected chi connectivity index (χ3v) is 4.13. The molecule has 0 bridgehead atoms. The fourth-order valence-electron chi connectivity index (χ4n) is 2.76. The van der Waals surface area contributed by atoms with E-state index in [0.29, 0.717) is 18.1 Å². The Balaban J connectivity index is 0.00000320. The van der Waals surface area contributed by atoms with Gasteiger partial charge >= 0.3 is 6.01 Å². The van der Waals surface area contributed by atoms with Crippen LogP contribution in [0, 0.1) is 0 Å². The van der Waals surface area contributed by atoms with Crippen LogP contribution in [0.3, 0.4) is 0 Å². The summed E-state index contributed by atoms with van der Waals surface area (Å²) in [5, 5.41) is 15.2. The van der Waals surface area contributed by atoms with E-state index in [9.17, 15) is 0 Å². The van der Waals surface area contributed by atoms with E-state index in [0.717, 1.165) is 44.0 Å². The van der Waals surface area contributed by atoms with Crippen molar-refractivity contribution in [2.75, 3.05) is 26.4 Å². The Bertz CT molecular complexity index is 876. The largest absolute Gasteiger partial charge is 0.490 e. The van der Waals surface area contributed by atoms with Crippen molar-refractivity contribution in [3.05, 3.63) is 54.1 Å². The zero-order valence-electron chi connectivity index (χ0n) is 17.3. The van der Waals surface area contributed by atoms with E-state index < -0.39 is 0 Å². The van der Waals surface area contributed by atoms with Crippen LogP contribution < -0.4 is 14.8 Å². The molecule has 30 heavy (non-hydrogen) atoms. The third kappa shape index (κ3) is 6.69.